The van der Waals surface area contributed by atoms with E-state index in [1.165, 1.54) is 6.20 Å². The average Bonchev–Trinajstić information content (AvgIpc) is 2.63. The first-order chi connectivity index (χ1) is 12.4. The number of rotatable bonds is 6. The van der Waals surface area contributed by atoms with E-state index in [2.05, 4.69) is 24.5 Å². The van der Waals surface area contributed by atoms with Crippen LogP contribution in [0, 0.1) is 11.3 Å². The van der Waals surface area contributed by atoms with Gasteiger partial charge in [0.25, 0.3) is 5.91 Å². The topological polar surface area (TPSA) is 68.2 Å². The molecule has 0 aliphatic heterocycles. The molecule has 2 N–H and O–H groups in total. The van der Waals surface area contributed by atoms with E-state index in [4.69, 9.17) is 0 Å². The number of nitrogens with one attached hydrogen (secondary N) is 2. The summed E-state index contributed by atoms with van der Waals surface area (Å²) in [5.74, 6) is -0.160. The molecule has 0 unspecified atom stereocenters. The molecule has 2 aromatic carbocycles. The lowest BCUT2D eigenvalue weighted by Crippen LogP contribution is -2.16. The number of nitriles is 1. The second-order valence-corrected chi connectivity index (χ2v) is 6.45. The predicted molar refractivity (Wildman–Crippen MR) is 107 cm³/mol. The van der Waals surface area contributed by atoms with Crippen LogP contribution in [0.4, 0.5) is 17.1 Å². The molecule has 2 aromatic rings. The highest BCUT2D eigenvalue weighted by molar-refractivity contribution is 6.07. The first-order valence-corrected chi connectivity index (χ1v) is 8.47. The van der Waals surface area contributed by atoms with Gasteiger partial charge in [-0.15, -0.1) is 0 Å². The van der Waals surface area contributed by atoms with Crippen LogP contribution in [0.3, 0.4) is 0 Å². The molecule has 0 spiro atoms. The molecular weight excluding hydrogens is 324 g/mol. The Morgan fingerprint density at radius 3 is 2.35 bits per heavy atom. The highest BCUT2D eigenvalue weighted by Gasteiger charge is 2.13. The number of nitrogens with zero attached hydrogens (tertiary/aromatic N) is 2. The lowest BCUT2D eigenvalue weighted by molar-refractivity contribution is -0.112. The molecule has 5 nitrogen and oxygen atoms in total. The van der Waals surface area contributed by atoms with Crippen LogP contribution in [0.5, 0.6) is 0 Å². The second-order valence-electron chi connectivity index (χ2n) is 6.45. The van der Waals surface area contributed by atoms with Crippen LogP contribution in [0.1, 0.15) is 25.3 Å². The number of hydrogen-bond acceptors (Lipinski definition) is 4. The molecule has 0 saturated carbocycles. The Hall–Kier alpha value is -3.26. The third-order valence-electron chi connectivity index (χ3n) is 3.96. The van der Waals surface area contributed by atoms with Crippen molar-refractivity contribution in [3.05, 3.63) is 65.9 Å². The zero-order valence-electron chi connectivity index (χ0n) is 15.6. The summed E-state index contributed by atoms with van der Waals surface area (Å²) in [6.45, 7) is 4.12. The molecule has 0 aliphatic carbocycles. The van der Waals surface area contributed by atoms with Gasteiger partial charge in [-0.1, -0.05) is 32.0 Å². The summed E-state index contributed by atoms with van der Waals surface area (Å²) >= 11 is 0. The van der Waals surface area contributed by atoms with Gasteiger partial charge in [0.2, 0.25) is 0 Å². The van der Waals surface area contributed by atoms with Crippen molar-refractivity contribution < 1.29 is 4.79 Å². The van der Waals surface area contributed by atoms with Crippen molar-refractivity contribution >= 4 is 23.0 Å². The van der Waals surface area contributed by atoms with Crippen LogP contribution in [0.15, 0.2) is 60.3 Å². The predicted octanol–water partition coefficient (Wildman–Crippen LogP) is 4.33. The number of carbonyl (C=O) groups is 1. The third-order valence-corrected chi connectivity index (χ3v) is 3.96. The maximum Gasteiger partial charge on any atom is 0.267 e. The summed E-state index contributed by atoms with van der Waals surface area (Å²) in [6.07, 6.45) is 1.43. The van der Waals surface area contributed by atoms with Crippen LogP contribution >= 0.6 is 0 Å². The largest absolute Gasteiger partial charge is 0.378 e. The number of carbonyl (C=O) groups excluding carboxylic acids is 1. The van der Waals surface area contributed by atoms with Crippen LogP contribution in [0.2, 0.25) is 0 Å². The maximum absolute atomic E-state index is 12.4. The Labute approximate surface area is 154 Å². The Morgan fingerprint density at radius 2 is 1.77 bits per heavy atom. The summed E-state index contributed by atoms with van der Waals surface area (Å²) in [7, 11) is 3.94. The fourth-order valence-electron chi connectivity index (χ4n) is 2.46. The van der Waals surface area contributed by atoms with Crippen molar-refractivity contribution in [2.45, 2.75) is 19.8 Å². The molecule has 0 heterocycles. The summed E-state index contributed by atoms with van der Waals surface area (Å²) in [6, 6.07) is 17.3. The molecule has 1 amide bonds. The van der Waals surface area contributed by atoms with E-state index in [-0.39, 0.29) is 11.5 Å². The standard InChI is InChI=1S/C21H24N4O/c1-15(2)19-7-5-6-8-20(19)24-21(26)16(13-22)14-23-17-9-11-18(12-10-17)25(3)4/h5-12,14-15,23H,1-4H3,(H,24,26)/b16-14-. The molecule has 0 atom stereocenters. The molecule has 134 valence electrons. The van der Waals surface area contributed by atoms with Crippen molar-refractivity contribution in [3.8, 4) is 6.07 Å². The van der Waals surface area contributed by atoms with Crippen molar-refractivity contribution in [2.75, 3.05) is 29.6 Å². The zero-order valence-corrected chi connectivity index (χ0v) is 15.6. The van der Waals surface area contributed by atoms with E-state index in [1.54, 1.807) is 0 Å². The van der Waals surface area contributed by atoms with Crippen molar-refractivity contribution in [3.63, 3.8) is 0 Å². The highest BCUT2D eigenvalue weighted by Crippen LogP contribution is 2.24. The van der Waals surface area contributed by atoms with E-state index < -0.39 is 5.91 Å². The molecule has 0 fully saturated rings. The molecule has 0 aromatic heterocycles. The Morgan fingerprint density at radius 1 is 1.12 bits per heavy atom. The van der Waals surface area contributed by atoms with E-state index in [0.717, 1.165) is 22.6 Å². The molecule has 0 aliphatic rings. The van der Waals surface area contributed by atoms with Gasteiger partial charge in [-0.2, -0.15) is 5.26 Å². The zero-order chi connectivity index (χ0) is 19.1. The summed E-state index contributed by atoms with van der Waals surface area (Å²) in [5.41, 5.74) is 3.65. The van der Waals surface area contributed by atoms with Crippen LogP contribution < -0.4 is 15.5 Å². The van der Waals surface area contributed by atoms with Gasteiger partial charge in [0.15, 0.2) is 0 Å². The maximum atomic E-state index is 12.4. The first-order valence-electron chi connectivity index (χ1n) is 8.47. The lowest BCUT2D eigenvalue weighted by atomic mass is 10.0. The molecule has 2 rings (SSSR count). The third kappa shape index (κ3) is 4.87. The van der Waals surface area contributed by atoms with E-state index >= 15 is 0 Å². The van der Waals surface area contributed by atoms with Gasteiger partial charge in [0, 0.05) is 37.4 Å². The van der Waals surface area contributed by atoms with E-state index in [1.807, 2.05) is 73.6 Å². The minimum atomic E-state index is -0.432. The quantitative estimate of drug-likeness (QED) is 0.602. The van der Waals surface area contributed by atoms with Gasteiger partial charge in [-0.05, 0) is 41.8 Å². The van der Waals surface area contributed by atoms with Gasteiger partial charge in [0.05, 0.1) is 0 Å². The molecule has 0 bridgehead atoms. The van der Waals surface area contributed by atoms with Gasteiger partial charge >= 0.3 is 0 Å². The first kappa shape index (κ1) is 19.1. The number of para-hydroxylation sites is 1. The Balaban J connectivity index is 2.11. The number of hydrogen-bond donors (Lipinski definition) is 2. The number of benzene rings is 2. The highest BCUT2D eigenvalue weighted by atomic mass is 16.1. The molecule has 26 heavy (non-hydrogen) atoms. The van der Waals surface area contributed by atoms with Crippen LogP contribution in [0.25, 0.3) is 0 Å². The Kier molecular flexibility index (Phi) is 6.40. The van der Waals surface area contributed by atoms with Crippen LogP contribution in [-0.4, -0.2) is 20.0 Å². The summed E-state index contributed by atoms with van der Waals surface area (Å²) in [4.78, 5) is 14.4. The fraction of sp³-hybridized carbons (Fsp3) is 0.238. The van der Waals surface area contributed by atoms with Crippen molar-refractivity contribution in [1.29, 1.82) is 5.26 Å². The molecule has 0 radical (unpaired) electrons. The van der Waals surface area contributed by atoms with E-state index in [0.29, 0.717) is 0 Å². The van der Waals surface area contributed by atoms with Crippen molar-refractivity contribution in [1.82, 2.24) is 0 Å². The number of anilines is 3. The SMILES string of the molecule is CC(C)c1ccccc1NC(=O)/C(C#N)=C\Nc1ccc(N(C)C)cc1. The smallest absolute Gasteiger partial charge is 0.267 e. The normalized spacial score (nSPS) is 11.0. The molecule has 0 saturated heterocycles. The van der Waals surface area contributed by atoms with Gasteiger partial charge in [-0.25, -0.2) is 0 Å². The monoisotopic (exact) mass is 348 g/mol. The molecule has 5 heteroatoms. The average molecular weight is 348 g/mol. The minimum absolute atomic E-state index is 0.0141. The minimum Gasteiger partial charge on any atom is -0.378 e. The van der Waals surface area contributed by atoms with E-state index in [9.17, 15) is 10.1 Å². The number of amides is 1. The fourth-order valence-corrected chi connectivity index (χ4v) is 2.46. The lowest BCUT2D eigenvalue weighted by Gasteiger charge is -2.13. The van der Waals surface area contributed by atoms with Crippen molar-refractivity contribution in [2.24, 2.45) is 0 Å². The summed E-state index contributed by atoms with van der Waals surface area (Å²) < 4.78 is 0. The Bertz CT molecular complexity index is 830. The van der Waals surface area contributed by atoms with Gasteiger partial charge in [0.1, 0.15) is 11.6 Å². The summed E-state index contributed by atoms with van der Waals surface area (Å²) in [5, 5.41) is 15.2. The van der Waals surface area contributed by atoms with Gasteiger partial charge < -0.3 is 15.5 Å². The van der Waals surface area contributed by atoms with Crippen LogP contribution in [-0.2, 0) is 4.79 Å². The molecular formula is C21H24N4O. The second kappa shape index (κ2) is 8.72. The van der Waals surface area contributed by atoms with Gasteiger partial charge in [-0.3, -0.25) is 4.79 Å².